The van der Waals surface area contributed by atoms with E-state index in [9.17, 15) is 9.59 Å². The largest absolute Gasteiger partial charge is 0.342 e. The highest BCUT2D eigenvalue weighted by atomic mass is 16.2. The minimum absolute atomic E-state index is 0.00581. The van der Waals surface area contributed by atoms with E-state index in [4.69, 9.17) is 0 Å². The van der Waals surface area contributed by atoms with Crippen molar-refractivity contribution in [2.45, 2.75) is 72.0 Å². The molecule has 0 aromatic heterocycles. The molecular weight excluding hydrogens is 252 g/mol. The minimum atomic E-state index is -0.358. The monoisotopic (exact) mass is 280 g/mol. The zero-order chi connectivity index (χ0) is 15.0. The van der Waals surface area contributed by atoms with Crippen molar-refractivity contribution < 1.29 is 9.59 Å². The molecular formula is C16H28N2O2. The molecule has 0 radical (unpaired) electrons. The van der Waals surface area contributed by atoms with Crippen molar-refractivity contribution in [2.24, 2.45) is 17.8 Å². The van der Waals surface area contributed by atoms with Crippen LogP contribution in [0.5, 0.6) is 0 Å². The zero-order valence-corrected chi connectivity index (χ0v) is 13.3. The third-order valence-electron chi connectivity index (χ3n) is 5.30. The first-order chi connectivity index (χ1) is 9.34. The molecule has 0 aromatic rings. The van der Waals surface area contributed by atoms with Crippen molar-refractivity contribution in [3.63, 3.8) is 0 Å². The third kappa shape index (κ3) is 2.57. The number of amides is 2. The molecule has 2 rings (SSSR count). The van der Waals surface area contributed by atoms with Crippen molar-refractivity contribution in [3.8, 4) is 0 Å². The van der Waals surface area contributed by atoms with Gasteiger partial charge >= 0.3 is 0 Å². The van der Waals surface area contributed by atoms with Crippen LogP contribution in [0.25, 0.3) is 0 Å². The average Bonchev–Trinajstić information content (AvgIpc) is 2.38. The van der Waals surface area contributed by atoms with E-state index in [1.54, 1.807) is 0 Å². The van der Waals surface area contributed by atoms with E-state index in [0.29, 0.717) is 11.8 Å². The quantitative estimate of drug-likeness (QED) is 0.843. The smallest absolute Gasteiger partial charge is 0.246 e. The summed E-state index contributed by atoms with van der Waals surface area (Å²) in [5.74, 6) is 1.33. The molecule has 1 aliphatic heterocycles. The SMILES string of the molecule is CC(C)C1NC(=O)C(C)N(C2CCCC(C)C2C)C1=O. The molecule has 2 aliphatic rings. The van der Waals surface area contributed by atoms with Gasteiger partial charge in [0, 0.05) is 6.04 Å². The Morgan fingerprint density at radius 2 is 1.80 bits per heavy atom. The Morgan fingerprint density at radius 1 is 1.15 bits per heavy atom. The zero-order valence-electron chi connectivity index (χ0n) is 13.3. The molecule has 2 fully saturated rings. The maximum Gasteiger partial charge on any atom is 0.246 e. The summed E-state index contributed by atoms with van der Waals surface area (Å²) >= 11 is 0. The van der Waals surface area contributed by atoms with E-state index >= 15 is 0 Å². The molecule has 1 heterocycles. The van der Waals surface area contributed by atoms with Gasteiger partial charge in [0.1, 0.15) is 12.1 Å². The normalized spacial score (nSPS) is 39.1. The number of rotatable bonds is 2. The van der Waals surface area contributed by atoms with E-state index in [0.717, 1.165) is 12.8 Å². The van der Waals surface area contributed by atoms with Crippen molar-refractivity contribution in [2.75, 3.05) is 0 Å². The fourth-order valence-electron chi connectivity index (χ4n) is 3.66. The van der Waals surface area contributed by atoms with Crippen molar-refractivity contribution in [3.05, 3.63) is 0 Å². The number of piperazine rings is 1. The molecule has 5 unspecified atom stereocenters. The van der Waals surface area contributed by atoms with Crippen LogP contribution in [0.1, 0.15) is 53.9 Å². The summed E-state index contributed by atoms with van der Waals surface area (Å²) in [7, 11) is 0. The van der Waals surface area contributed by atoms with E-state index < -0.39 is 0 Å². The van der Waals surface area contributed by atoms with Crippen LogP contribution in [0.15, 0.2) is 0 Å². The molecule has 4 heteroatoms. The molecule has 2 amide bonds. The maximum atomic E-state index is 12.8. The fourth-order valence-corrected chi connectivity index (χ4v) is 3.66. The Bertz CT molecular complexity index is 394. The predicted molar refractivity (Wildman–Crippen MR) is 79.0 cm³/mol. The van der Waals surface area contributed by atoms with Crippen molar-refractivity contribution in [1.29, 1.82) is 0 Å². The number of hydrogen-bond acceptors (Lipinski definition) is 2. The number of carbonyl (C=O) groups excluding carboxylic acids is 2. The summed E-state index contributed by atoms with van der Waals surface area (Å²) in [6, 6.07) is -0.480. The Balaban J connectivity index is 2.26. The van der Waals surface area contributed by atoms with E-state index in [1.165, 1.54) is 6.42 Å². The molecule has 5 atom stereocenters. The lowest BCUT2D eigenvalue weighted by Crippen LogP contribution is -2.67. The molecule has 0 bridgehead atoms. The Hall–Kier alpha value is -1.06. The highest BCUT2D eigenvalue weighted by Gasteiger charge is 2.45. The van der Waals surface area contributed by atoms with Gasteiger partial charge in [0.05, 0.1) is 0 Å². The highest BCUT2D eigenvalue weighted by Crippen LogP contribution is 2.35. The van der Waals surface area contributed by atoms with Crippen LogP contribution >= 0.6 is 0 Å². The van der Waals surface area contributed by atoms with Crippen LogP contribution < -0.4 is 5.32 Å². The van der Waals surface area contributed by atoms with Crippen molar-refractivity contribution >= 4 is 11.8 Å². The van der Waals surface area contributed by atoms with Crippen LogP contribution in [0.3, 0.4) is 0 Å². The lowest BCUT2D eigenvalue weighted by Gasteiger charge is -2.48. The Kier molecular flexibility index (Phi) is 4.40. The topological polar surface area (TPSA) is 49.4 Å². The first-order valence-electron chi connectivity index (χ1n) is 7.97. The van der Waals surface area contributed by atoms with Gasteiger partial charge in [-0.1, -0.05) is 40.5 Å². The summed E-state index contributed by atoms with van der Waals surface area (Å²) in [5, 5.41) is 2.88. The van der Waals surface area contributed by atoms with Crippen LogP contribution in [-0.2, 0) is 9.59 Å². The second-order valence-corrected chi connectivity index (χ2v) is 6.99. The summed E-state index contributed by atoms with van der Waals surface area (Å²) in [6.45, 7) is 10.3. The van der Waals surface area contributed by atoms with Crippen LogP contribution in [0.4, 0.5) is 0 Å². The lowest BCUT2D eigenvalue weighted by molar-refractivity contribution is -0.155. The molecule has 0 aromatic carbocycles. The molecule has 4 nitrogen and oxygen atoms in total. The van der Waals surface area contributed by atoms with Gasteiger partial charge in [-0.15, -0.1) is 0 Å². The summed E-state index contributed by atoms with van der Waals surface area (Å²) in [4.78, 5) is 26.9. The van der Waals surface area contributed by atoms with Gasteiger partial charge in [-0.25, -0.2) is 0 Å². The van der Waals surface area contributed by atoms with Crippen LogP contribution in [0.2, 0.25) is 0 Å². The molecule has 1 saturated carbocycles. The Morgan fingerprint density at radius 3 is 2.40 bits per heavy atom. The third-order valence-corrected chi connectivity index (χ3v) is 5.30. The highest BCUT2D eigenvalue weighted by molar-refractivity contribution is 5.97. The maximum absolute atomic E-state index is 12.8. The van der Waals surface area contributed by atoms with Gasteiger partial charge in [-0.3, -0.25) is 9.59 Å². The first kappa shape index (κ1) is 15.3. The lowest BCUT2D eigenvalue weighted by atomic mass is 9.76. The predicted octanol–water partition coefficient (Wildman–Crippen LogP) is 2.18. The van der Waals surface area contributed by atoms with Crippen molar-refractivity contribution in [1.82, 2.24) is 10.2 Å². The van der Waals surface area contributed by atoms with E-state index in [1.807, 2.05) is 25.7 Å². The molecule has 1 saturated heterocycles. The standard InChI is InChI=1S/C16H28N2O2/c1-9(2)14-16(20)18(12(5)15(19)17-14)13-8-6-7-10(3)11(13)4/h9-14H,6-8H2,1-5H3,(H,17,19). The fraction of sp³-hybridized carbons (Fsp3) is 0.875. The van der Waals surface area contributed by atoms with Gasteiger partial charge < -0.3 is 10.2 Å². The number of nitrogens with zero attached hydrogens (tertiary/aromatic N) is 1. The Labute approximate surface area is 122 Å². The summed E-state index contributed by atoms with van der Waals surface area (Å²) < 4.78 is 0. The van der Waals surface area contributed by atoms with E-state index in [2.05, 4.69) is 19.2 Å². The second-order valence-electron chi connectivity index (χ2n) is 6.99. The number of carbonyl (C=O) groups is 2. The van der Waals surface area contributed by atoms with Gasteiger partial charge in [0.2, 0.25) is 11.8 Å². The molecule has 20 heavy (non-hydrogen) atoms. The number of hydrogen-bond donors (Lipinski definition) is 1. The average molecular weight is 280 g/mol. The van der Waals surface area contributed by atoms with Gasteiger partial charge in [-0.2, -0.15) is 0 Å². The molecule has 114 valence electrons. The second kappa shape index (κ2) is 5.74. The molecule has 1 N–H and O–H groups in total. The first-order valence-corrected chi connectivity index (χ1v) is 7.97. The van der Waals surface area contributed by atoms with Gasteiger partial charge in [-0.05, 0) is 31.1 Å². The summed E-state index contributed by atoms with van der Waals surface area (Å²) in [6.07, 6.45) is 3.41. The molecule has 0 spiro atoms. The van der Waals surface area contributed by atoms with Gasteiger partial charge in [0.15, 0.2) is 0 Å². The van der Waals surface area contributed by atoms with Crippen LogP contribution in [0, 0.1) is 17.8 Å². The summed E-state index contributed by atoms with van der Waals surface area (Å²) in [5.41, 5.74) is 0. The van der Waals surface area contributed by atoms with Gasteiger partial charge in [0.25, 0.3) is 0 Å². The van der Waals surface area contributed by atoms with Crippen LogP contribution in [-0.4, -0.2) is 34.8 Å². The number of nitrogens with one attached hydrogen (secondary N) is 1. The molecule has 1 aliphatic carbocycles. The minimum Gasteiger partial charge on any atom is -0.342 e. The van der Waals surface area contributed by atoms with E-state index in [-0.39, 0.29) is 35.9 Å².